The van der Waals surface area contributed by atoms with Crippen LogP contribution < -0.4 is 0 Å². The quantitative estimate of drug-likeness (QED) is 0.737. The van der Waals surface area contributed by atoms with Gasteiger partial charge in [0, 0.05) is 10.9 Å². The first-order chi connectivity index (χ1) is 6.06. The molecule has 0 aliphatic rings. The predicted molar refractivity (Wildman–Crippen MR) is 46.5 cm³/mol. The molecule has 0 aliphatic carbocycles. The van der Waals surface area contributed by atoms with Crippen LogP contribution in [0.2, 0.25) is 0 Å². The molecule has 0 amide bonds. The summed E-state index contributed by atoms with van der Waals surface area (Å²) in [5.41, 5.74) is -0.0206. The summed E-state index contributed by atoms with van der Waals surface area (Å²) in [6, 6.07) is 0.837. The first kappa shape index (κ1) is 10.5. The summed E-state index contributed by atoms with van der Waals surface area (Å²) >= 11 is 3.02. The monoisotopic (exact) mass is 253 g/mol. The highest BCUT2D eigenvalue weighted by atomic mass is 79.9. The summed E-state index contributed by atoms with van der Waals surface area (Å²) in [6.07, 6.45) is -2.69. The third kappa shape index (κ3) is 2.21. The Morgan fingerprint density at radius 3 is 2.62 bits per heavy atom. The van der Waals surface area contributed by atoms with Crippen LogP contribution in [0.4, 0.5) is 13.2 Å². The Morgan fingerprint density at radius 1 is 1.54 bits per heavy atom. The zero-order valence-corrected chi connectivity index (χ0v) is 8.41. The van der Waals surface area contributed by atoms with Crippen LogP contribution in [-0.2, 0) is 5.33 Å². The summed E-state index contributed by atoms with van der Waals surface area (Å²) < 4.78 is 37.4. The zero-order valence-electron chi connectivity index (χ0n) is 6.82. The van der Waals surface area contributed by atoms with Gasteiger partial charge in [0.2, 0.25) is 0 Å². The van der Waals surface area contributed by atoms with Crippen LogP contribution >= 0.6 is 15.9 Å². The molecule has 0 N–H and O–H groups in total. The van der Waals surface area contributed by atoms with Crippen LogP contribution in [0.3, 0.4) is 0 Å². The number of halogens is 4. The van der Waals surface area contributed by atoms with Gasteiger partial charge >= 0.3 is 0 Å². The molecule has 0 atom stereocenters. The molecule has 0 aromatic carbocycles. The van der Waals surface area contributed by atoms with Crippen molar-refractivity contribution in [3.05, 3.63) is 28.8 Å². The minimum absolute atomic E-state index is 0.138. The number of hydrogen-bond acceptors (Lipinski definition) is 1. The van der Waals surface area contributed by atoms with Crippen molar-refractivity contribution >= 4 is 15.9 Å². The molecule has 1 rings (SSSR count). The topological polar surface area (TPSA) is 12.9 Å². The number of aromatic nitrogens is 1. The molecule has 0 saturated carbocycles. The Bertz CT molecular complexity index is 315. The maximum atomic E-state index is 12.8. The van der Waals surface area contributed by atoms with Crippen molar-refractivity contribution in [3.63, 3.8) is 0 Å². The molecule has 0 radical (unpaired) electrons. The van der Waals surface area contributed by atoms with E-state index in [2.05, 4.69) is 20.9 Å². The molecule has 0 aliphatic heterocycles. The van der Waals surface area contributed by atoms with Gasteiger partial charge in [-0.2, -0.15) is 0 Å². The van der Waals surface area contributed by atoms with Crippen LogP contribution in [0.1, 0.15) is 23.4 Å². The van der Waals surface area contributed by atoms with Crippen LogP contribution in [0.25, 0.3) is 0 Å². The van der Waals surface area contributed by atoms with Gasteiger partial charge in [0.25, 0.3) is 6.43 Å². The minimum atomic E-state index is -2.69. The highest BCUT2D eigenvalue weighted by molar-refractivity contribution is 9.08. The van der Waals surface area contributed by atoms with Crippen molar-refractivity contribution in [1.29, 1.82) is 0 Å². The van der Waals surface area contributed by atoms with Gasteiger partial charge in [-0.15, -0.1) is 0 Å². The van der Waals surface area contributed by atoms with Crippen LogP contribution in [0.5, 0.6) is 0 Å². The predicted octanol–water partition coefficient (Wildman–Crippen LogP) is 3.36. The zero-order chi connectivity index (χ0) is 10.0. The SMILES string of the molecule is Cc1nc(CBr)c(C(F)F)cc1F. The van der Waals surface area contributed by atoms with Crippen molar-refractivity contribution < 1.29 is 13.2 Å². The molecule has 0 unspecified atom stereocenters. The standard InChI is InChI=1S/C8H7BrF3N/c1-4-6(10)2-5(8(11)12)7(3-9)13-4/h2,8H,3H2,1H3. The number of hydrogen-bond donors (Lipinski definition) is 0. The maximum absolute atomic E-state index is 12.8. The number of aryl methyl sites for hydroxylation is 1. The molecule has 0 spiro atoms. The Labute approximate surface area is 82.1 Å². The van der Waals surface area contributed by atoms with E-state index in [0.29, 0.717) is 0 Å². The van der Waals surface area contributed by atoms with Gasteiger partial charge in [-0.1, -0.05) is 15.9 Å². The van der Waals surface area contributed by atoms with E-state index in [1.165, 1.54) is 6.92 Å². The van der Waals surface area contributed by atoms with Gasteiger partial charge in [-0.25, -0.2) is 13.2 Å². The smallest absolute Gasteiger partial charge is 0.254 e. The van der Waals surface area contributed by atoms with Crippen LogP contribution in [0, 0.1) is 12.7 Å². The highest BCUT2D eigenvalue weighted by Gasteiger charge is 2.16. The number of rotatable bonds is 2. The molecule has 1 aromatic rings. The lowest BCUT2D eigenvalue weighted by Crippen LogP contribution is -2.00. The van der Waals surface area contributed by atoms with Crippen molar-refractivity contribution in [2.75, 3.05) is 0 Å². The summed E-state index contributed by atoms with van der Waals surface area (Å²) in [5, 5.41) is 0.202. The molecule has 0 bridgehead atoms. The molecule has 1 aromatic heterocycles. The second-order valence-electron chi connectivity index (χ2n) is 2.53. The van der Waals surface area contributed by atoms with Crippen molar-refractivity contribution in [3.8, 4) is 0 Å². The molecule has 72 valence electrons. The molecule has 0 saturated heterocycles. The van der Waals surface area contributed by atoms with E-state index in [0.717, 1.165) is 6.07 Å². The van der Waals surface area contributed by atoms with Gasteiger partial charge in [-0.3, -0.25) is 4.98 Å². The fraction of sp³-hybridized carbons (Fsp3) is 0.375. The average Bonchev–Trinajstić information content (AvgIpc) is 2.08. The number of pyridine rings is 1. The fourth-order valence-corrected chi connectivity index (χ4v) is 1.39. The lowest BCUT2D eigenvalue weighted by atomic mass is 10.2. The largest absolute Gasteiger partial charge is 0.265 e. The second-order valence-corrected chi connectivity index (χ2v) is 3.09. The lowest BCUT2D eigenvalue weighted by Gasteiger charge is -2.06. The first-order valence-corrected chi connectivity index (χ1v) is 4.68. The van der Waals surface area contributed by atoms with Gasteiger partial charge in [0.05, 0.1) is 11.4 Å². The summed E-state index contributed by atoms with van der Waals surface area (Å²) in [5.74, 6) is -0.694. The molecular formula is C8H7BrF3N. The van der Waals surface area contributed by atoms with E-state index in [-0.39, 0.29) is 22.3 Å². The van der Waals surface area contributed by atoms with E-state index in [4.69, 9.17) is 0 Å². The second kappa shape index (κ2) is 4.09. The Kier molecular flexibility index (Phi) is 3.30. The van der Waals surface area contributed by atoms with Crippen molar-refractivity contribution in [2.24, 2.45) is 0 Å². The summed E-state index contributed by atoms with van der Waals surface area (Å²) in [6.45, 7) is 1.44. The Balaban J connectivity index is 3.25. The summed E-state index contributed by atoms with van der Waals surface area (Å²) in [7, 11) is 0. The van der Waals surface area contributed by atoms with Crippen LogP contribution in [-0.4, -0.2) is 4.98 Å². The Hall–Kier alpha value is -0.580. The first-order valence-electron chi connectivity index (χ1n) is 3.56. The minimum Gasteiger partial charge on any atom is -0.254 e. The molecule has 13 heavy (non-hydrogen) atoms. The number of nitrogens with zero attached hydrogens (tertiary/aromatic N) is 1. The van der Waals surface area contributed by atoms with E-state index in [9.17, 15) is 13.2 Å². The molecule has 0 fully saturated rings. The van der Waals surface area contributed by atoms with Gasteiger partial charge < -0.3 is 0 Å². The Morgan fingerprint density at radius 2 is 2.15 bits per heavy atom. The van der Waals surface area contributed by atoms with Crippen molar-refractivity contribution in [2.45, 2.75) is 18.7 Å². The summed E-state index contributed by atoms with van der Waals surface area (Å²) in [4.78, 5) is 3.71. The normalized spacial score (nSPS) is 10.9. The molecular weight excluding hydrogens is 247 g/mol. The average molecular weight is 254 g/mol. The fourth-order valence-electron chi connectivity index (χ4n) is 0.941. The lowest BCUT2D eigenvalue weighted by molar-refractivity contribution is 0.149. The molecule has 5 heteroatoms. The van der Waals surface area contributed by atoms with Gasteiger partial charge in [0.1, 0.15) is 5.82 Å². The van der Waals surface area contributed by atoms with Gasteiger partial charge in [0.15, 0.2) is 0 Å². The molecule has 1 heterocycles. The third-order valence-corrected chi connectivity index (χ3v) is 2.16. The van der Waals surface area contributed by atoms with Crippen LogP contribution in [0.15, 0.2) is 6.07 Å². The van der Waals surface area contributed by atoms with E-state index < -0.39 is 12.2 Å². The number of alkyl halides is 3. The molecule has 1 nitrogen and oxygen atoms in total. The van der Waals surface area contributed by atoms with E-state index in [1.807, 2.05) is 0 Å². The maximum Gasteiger partial charge on any atom is 0.265 e. The van der Waals surface area contributed by atoms with E-state index >= 15 is 0 Å². The van der Waals surface area contributed by atoms with Crippen molar-refractivity contribution in [1.82, 2.24) is 4.98 Å². The van der Waals surface area contributed by atoms with E-state index in [1.54, 1.807) is 0 Å². The highest BCUT2D eigenvalue weighted by Crippen LogP contribution is 2.24. The van der Waals surface area contributed by atoms with Gasteiger partial charge in [-0.05, 0) is 13.0 Å². The third-order valence-electron chi connectivity index (χ3n) is 1.63.